The van der Waals surface area contributed by atoms with Gasteiger partial charge in [-0.1, -0.05) is 6.07 Å². The number of hydrogen-bond acceptors (Lipinski definition) is 6. The number of nitrogens with zero attached hydrogens (tertiary/aromatic N) is 4. The van der Waals surface area contributed by atoms with E-state index in [1.807, 2.05) is 24.3 Å². The van der Waals surface area contributed by atoms with E-state index < -0.39 is 0 Å². The topological polar surface area (TPSA) is 87.7 Å². The second-order valence-electron chi connectivity index (χ2n) is 5.59. The molecule has 0 saturated carbocycles. The minimum Gasteiger partial charge on any atom is -0.497 e. The summed E-state index contributed by atoms with van der Waals surface area (Å²) in [6, 6.07) is 10.8. The van der Waals surface area contributed by atoms with E-state index in [4.69, 9.17) is 4.74 Å². The van der Waals surface area contributed by atoms with Crippen molar-refractivity contribution in [3.63, 3.8) is 0 Å². The summed E-state index contributed by atoms with van der Waals surface area (Å²) in [5.74, 6) is 1.10. The minimum atomic E-state index is -0.175. The normalized spacial score (nSPS) is 14.1. The number of anilines is 2. The fourth-order valence-corrected chi connectivity index (χ4v) is 2.55. The fraction of sp³-hybridized carbons (Fsp3) is 0.294. The van der Waals surface area contributed by atoms with Crippen LogP contribution in [-0.4, -0.2) is 65.6 Å². The molecule has 1 N–H and O–H groups in total. The molecule has 25 heavy (non-hydrogen) atoms. The first-order chi connectivity index (χ1) is 12.2. The number of carbonyl (C=O) groups excluding carboxylic acids is 2. The summed E-state index contributed by atoms with van der Waals surface area (Å²) >= 11 is 0. The molecular weight excluding hydrogens is 322 g/mol. The van der Waals surface area contributed by atoms with Gasteiger partial charge in [-0.2, -0.15) is 0 Å². The third-order valence-corrected chi connectivity index (χ3v) is 3.98. The zero-order valence-electron chi connectivity index (χ0n) is 13.9. The van der Waals surface area contributed by atoms with Gasteiger partial charge in [-0.05, 0) is 24.3 Å². The summed E-state index contributed by atoms with van der Waals surface area (Å²) in [7, 11) is 1.61. The van der Waals surface area contributed by atoms with Crippen LogP contribution < -0.4 is 10.1 Å². The molecule has 3 rings (SSSR count). The Labute approximate surface area is 145 Å². The summed E-state index contributed by atoms with van der Waals surface area (Å²) in [5, 5.41) is 11.2. The number of hydrogen-bond donors (Lipinski definition) is 1. The average Bonchev–Trinajstić information content (AvgIpc) is 2.68. The number of ether oxygens (including phenoxy) is 1. The Hall–Kier alpha value is -3.16. The van der Waals surface area contributed by atoms with Crippen molar-refractivity contribution in [1.29, 1.82) is 0 Å². The van der Waals surface area contributed by atoms with Crippen LogP contribution in [0, 0.1) is 0 Å². The van der Waals surface area contributed by atoms with E-state index in [-0.39, 0.29) is 11.6 Å². The van der Waals surface area contributed by atoms with Crippen molar-refractivity contribution in [2.24, 2.45) is 0 Å². The van der Waals surface area contributed by atoms with Crippen LogP contribution in [0.15, 0.2) is 36.4 Å². The average molecular weight is 341 g/mol. The lowest BCUT2D eigenvalue weighted by Gasteiger charge is -2.32. The lowest BCUT2D eigenvalue weighted by atomic mass is 10.2. The van der Waals surface area contributed by atoms with E-state index >= 15 is 0 Å². The first-order valence-electron chi connectivity index (χ1n) is 7.93. The maximum Gasteiger partial charge on any atom is 0.274 e. The van der Waals surface area contributed by atoms with Crippen LogP contribution in [0.25, 0.3) is 0 Å². The molecule has 1 fully saturated rings. The summed E-state index contributed by atoms with van der Waals surface area (Å²) < 4.78 is 5.17. The smallest absolute Gasteiger partial charge is 0.274 e. The molecule has 2 aromatic rings. The summed E-state index contributed by atoms with van der Waals surface area (Å²) in [6.07, 6.45) is 0.806. The van der Waals surface area contributed by atoms with Gasteiger partial charge in [0.2, 0.25) is 6.41 Å². The van der Waals surface area contributed by atoms with Gasteiger partial charge in [-0.25, -0.2) is 0 Å². The van der Waals surface area contributed by atoms with Gasteiger partial charge < -0.3 is 19.9 Å². The number of amides is 2. The van der Waals surface area contributed by atoms with E-state index in [1.54, 1.807) is 29.0 Å². The second kappa shape index (κ2) is 7.61. The van der Waals surface area contributed by atoms with Crippen LogP contribution in [0.3, 0.4) is 0 Å². The van der Waals surface area contributed by atoms with Gasteiger partial charge in [0.15, 0.2) is 11.5 Å². The zero-order chi connectivity index (χ0) is 17.6. The highest BCUT2D eigenvalue weighted by atomic mass is 16.5. The molecule has 1 aliphatic heterocycles. The Kier molecular flexibility index (Phi) is 5.08. The van der Waals surface area contributed by atoms with Crippen molar-refractivity contribution in [2.75, 3.05) is 38.6 Å². The third-order valence-electron chi connectivity index (χ3n) is 3.98. The van der Waals surface area contributed by atoms with E-state index in [0.717, 1.165) is 17.8 Å². The Bertz CT molecular complexity index is 742. The molecule has 8 nitrogen and oxygen atoms in total. The largest absolute Gasteiger partial charge is 0.497 e. The second-order valence-corrected chi connectivity index (χ2v) is 5.59. The van der Waals surface area contributed by atoms with Crippen molar-refractivity contribution in [3.05, 3.63) is 42.1 Å². The van der Waals surface area contributed by atoms with E-state index in [9.17, 15) is 9.59 Å². The Morgan fingerprint density at radius 1 is 1.16 bits per heavy atom. The zero-order valence-corrected chi connectivity index (χ0v) is 13.9. The first-order valence-corrected chi connectivity index (χ1v) is 7.93. The number of benzene rings is 1. The third kappa shape index (κ3) is 4.03. The van der Waals surface area contributed by atoms with E-state index in [2.05, 4.69) is 15.5 Å². The molecule has 0 atom stereocenters. The predicted molar refractivity (Wildman–Crippen MR) is 91.8 cm³/mol. The molecule has 8 heteroatoms. The number of rotatable bonds is 5. The van der Waals surface area contributed by atoms with Gasteiger partial charge in [0.1, 0.15) is 5.75 Å². The quantitative estimate of drug-likeness (QED) is 0.821. The SMILES string of the molecule is COc1cccc(Nc2ccc(C(=O)N3CCN(C=O)CC3)nn2)c1. The molecule has 2 heterocycles. The van der Waals surface area contributed by atoms with E-state index in [0.29, 0.717) is 32.0 Å². The predicted octanol–water partition coefficient (Wildman–Crippen LogP) is 1.14. The molecular formula is C17H19N5O3. The van der Waals surface area contributed by atoms with Crippen molar-refractivity contribution >= 4 is 23.8 Å². The van der Waals surface area contributed by atoms with Gasteiger partial charge in [-0.15, -0.1) is 10.2 Å². The number of aromatic nitrogens is 2. The summed E-state index contributed by atoms with van der Waals surface area (Å²) in [5.41, 5.74) is 1.11. The number of carbonyl (C=O) groups is 2. The van der Waals surface area contributed by atoms with Gasteiger partial charge in [0, 0.05) is 37.9 Å². The molecule has 0 spiro atoms. The number of piperazine rings is 1. The molecule has 130 valence electrons. The fourth-order valence-electron chi connectivity index (χ4n) is 2.55. The van der Waals surface area contributed by atoms with E-state index in [1.165, 1.54) is 0 Å². The Balaban J connectivity index is 1.63. The van der Waals surface area contributed by atoms with Crippen molar-refractivity contribution < 1.29 is 14.3 Å². The van der Waals surface area contributed by atoms with Crippen molar-refractivity contribution in [3.8, 4) is 5.75 Å². The Morgan fingerprint density at radius 2 is 1.96 bits per heavy atom. The van der Waals surface area contributed by atoms with Crippen LogP contribution in [-0.2, 0) is 4.79 Å². The maximum atomic E-state index is 12.4. The maximum absolute atomic E-state index is 12.4. The molecule has 1 aromatic heterocycles. The van der Waals surface area contributed by atoms with Crippen LogP contribution in [0.4, 0.5) is 11.5 Å². The molecule has 0 bridgehead atoms. The lowest BCUT2D eigenvalue weighted by Crippen LogP contribution is -2.48. The molecule has 2 amide bonds. The standard InChI is InChI=1S/C17H19N5O3/c1-25-14-4-2-3-13(11-14)18-16-6-5-15(19-20-16)17(24)22-9-7-21(12-23)8-10-22/h2-6,11-12H,7-10H2,1H3,(H,18,20). The molecule has 1 aromatic carbocycles. The van der Waals surface area contributed by atoms with Gasteiger partial charge in [0.05, 0.1) is 7.11 Å². The minimum absolute atomic E-state index is 0.175. The monoisotopic (exact) mass is 341 g/mol. The highest BCUT2D eigenvalue weighted by Crippen LogP contribution is 2.20. The summed E-state index contributed by atoms with van der Waals surface area (Å²) in [6.45, 7) is 2.09. The van der Waals surface area contributed by atoms with Crippen molar-refractivity contribution in [2.45, 2.75) is 0 Å². The number of methoxy groups -OCH3 is 1. The molecule has 0 unspecified atom stereocenters. The number of nitrogens with one attached hydrogen (secondary N) is 1. The van der Waals surface area contributed by atoms with Crippen LogP contribution >= 0.6 is 0 Å². The van der Waals surface area contributed by atoms with Crippen LogP contribution in [0.2, 0.25) is 0 Å². The van der Waals surface area contributed by atoms with Crippen LogP contribution in [0.1, 0.15) is 10.5 Å². The summed E-state index contributed by atoms with van der Waals surface area (Å²) in [4.78, 5) is 26.5. The highest BCUT2D eigenvalue weighted by Gasteiger charge is 2.22. The molecule has 1 saturated heterocycles. The Morgan fingerprint density at radius 3 is 2.60 bits per heavy atom. The van der Waals surface area contributed by atoms with Gasteiger partial charge in [0.25, 0.3) is 5.91 Å². The van der Waals surface area contributed by atoms with Gasteiger partial charge in [-0.3, -0.25) is 9.59 Å². The first kappa shape index (κ1) is 16.7. The molecule has 1 aliphatic rings. The van der Waals surface area contributed by atoms with Crippen molar-refractivity contribution in [1.82, 2.24) is 20.0 Å². The highest BCUT2D eigenvalue weighted by molar-refractivity contribution is 5.92. The van der Waals surface area contributed by atoms with Gasteiger partial charge >= 0.3 is 0 Å². The molecule has 0 radical (unpaired) electrons. The molecule has 0 aliphatic carbocycles. The van der Waals surface area contributed by atoms with Crippen LogP contribution in [0.5, 0.6) is 5.75 Å². The lowest BCUT2D eigenvalue weighted by molar-refractivity contribution is -0.119.